The normalized spacial score (nSPS) is 10.9. The Labute approximate surface area is 114 Å². The van der Waals surface area contributed by atoms with Gasteiger partial charge in [0.25, 0.3) is 0 Å². The van der Waals surface area contributed by atoms with Gasteiger partial charge in [-0.15, -0.1) is 0 Å². The largest absolute Gasteiger partial charge is 0.481 e. The van der Waals surface area contributed by atoms with Gasteiger partial charge in [0, 0.05) is 25.4 Å². The molecule has 0 aliphatic carbocycles. The smallest absolute Gasteiger partial charge is 0.324 e. The Morgan fingerprint density at radius 3 is 2.16 bits per heavy atom. The first-order valence-corrected chi connectivity index (χ1v) is 6.50. The van der Waals surface area contributed by atoms with Gasteiger partial charge in [0.05, 0.1) is 0 Å². The molecular formula is C13H24N2O4. The third kappa shape index (κ3) is 6.79. The lowest BCUT2D eigenvalue weighted by Crippen LogP contribution is -2.50. The summed E-state index contributed by atoms with van der Waals surface area (Å²) < 4.78 is 0. The molecule has 0 aromatic carbocycles. The maximum absolute atomic E-state index is 11.8. The molecule has 6 nitrogen and oxygen atoms in total. The fraction of sp³-hybridized carbons (Fsp3) is 0.769. The lowest BCUT2D eigenvalue weighted by Gasteiger charge is -2.34. The monoisotopic (exact) mass is 272 g/mol. The fourth-order valence-corrected chi connectivity index (χ4v) is 1.34. The van der Waals surface area contributed by atoms with Crippen LogP contribution in [-0.4, -0.2) is 40.5 Å². The zero-order valence-corrected chi connectivity index (χ0v) is 12.2. The molecule has 0 saturated heterocycles. The van der Waals surface area contributed by atoms with Gasteiger partial charge in [0.15, 0.2) is 0 Å². The highest BCUT2D eigenvalue weighted by Gasteiger charge is 2.26. The van der Waals surface area contributed by atoms with E-state index < -0.39 is 12.0 Å². The molecule has 0 radical (unpaired) electrons. The van der Waals surface area contributed by atoms with E-state index >= 15 is 0 Å². The van der Waals surface area contributed by atoms with Gasteiger partial charge in [-0.05, 0) is 33.1 Å². The van der Waals surface area contributed by atoms with Crippen LogP contribution in [0.5, 0.6) is 0 Å². The number of urea groups is 1. The van der Waals surface area contributed by atoms with E-state index in [0.29, 0.717) is 12.8 Å². The number of carboxylic acids is 1. The Balaban J connectivity index is 4.06. The summed E-state index contributed by atoms with van der Waals surface area (Å²) in [7, 11) is 1.65. The van der Waals surface area contributed by atoms with E-state index in [9.17, 15) is 14.4 Å². The standard InChI is InChI=1S/C13H24N2O4/c1-5-13(2,3)15(4)12(19)14-10(16)8-6-7-9-11(17)18/h5-9H2,1-4H3,(H,17,18)(H,14,16,19). The maximum Gasteiger partial charge on any atom is 0.324 e. The number of carboxylic acid groups (broad SMARTS) is 1. The van der Waals surface area contributed by atoms with E-state index in [0.717, 1.165) is 6.42 Å². The summed E-state index contributed by atoms with van der Waals surface area (Å²) in [5.74, 6) is -1.24. The summed E-state index contributed by atoms with van der Waals surface area (Å²) in [6.45, 7) is 5.81. The van der Waals surface area contributed by atoms with E-state index in [2.05, 4.69) is 5.32 Å². The molecule has 19 heavy (non-hydrogen) atoms. The van der Waals surface area contributed by atoms with Crippen molar-refractivity contribution < 1.29 is 19.5 Å². The molecule has 0 aliphatic rings. The molecule has 0 unspecified atom stereocenters. The van der Waals surface area contributed by atoms with Gasteiger partial charge in [-0.25, -0.2) is 4.79 Å². The highest BCUT2D eigenvalue weighted by Crippen LogP contribution is 2.16. The summed E-state index contributed by atoms with van der Waals surface area (Å²) in [6, 6.07) is -0.421. The van der Waals surface area contributed by atoms with Crippen molar-refractivity contribution in [2.24, 2.45) is 0 Å². The number of amides is 3. The van der Waals surface area contributed by atoms with E-state index in [-0.39, 0.29) is 24.3 Å². The minimum absolute atomic E-state index is 0.0456. The predicted molar refractivity (Wildman–Crippen MR) is 71.8 cm³/mol. The second-order valence-corrected chi connectivity index (χ2v) is 5.18. The molecule has 0 aromatic rings. The number of carbonyl (C=O) groups excluding carboxylic acids is 2. The van der Waals surface area contributed by atoms with Crippen LogP contribution in [0.1, 0.15) is 52.9 Å². The second kappa shape index (κ2) is 7.76. The maximum atomic E-state index is 11.8. The van der Waals surface area contributed by atoms with Crippen molar-refractivity contribution >= 4 is 17.9 Å². The summed E-state index contributed by atoms with van der Waals surface area (Å²) in [5.41, 5.74) is -0.312. The van der Waals surface area contributed by atoms with Crippen molar-refractivity contribution in [3.8, 4) is 0 Å². The van der Waals surface area contributed by atoms with Crippen molar-refractivity contribution in [3.63, 3.8) is 0 Å². The third-order valence-corrected chi connectivity index (χ3v) is 3.37. The third-order valence-electron chi connectivity index (χ3n) is 3.37. The average molecular weight is 272 g/mol. The van der Waals surface area contributed by atoms with Crippen LogP contribution in [0.15, 0.2) is 0 Å². The summed E-state index contributed by atoms with van der Waals surface area (Å²) in [5, 5.41) is 10.8. The number of nitrogens with one attached hydrogen (secondary N) is 1. The molecule has 0 rings (SSSR count). The zero-order valence-electron chi connectivity index (χ0n) is 12.2. The lowest BCUT2D eigenvalue weighted by atomic mass is 10.0. The molecule has 110 valence electrons. The Morgan fingerprint density at radius 2 is 1.68 bits per heavy atom. The van der Waals surface area contributed by atoms with Gasteiger partial charge in [0.1, 0.15) is 0 Å². The highest BCUT2D eigenvalue weighted by atomic mass is 16.4. The van der Waals surface area contributed by atoms with Gasteiger partial charge in [-0.3, -0.25) is 14.9 Å². The van der Waals surface area contributed by atoms with Gasteiger partial charge in [-0.1, -0.05) is 6.92 Å². The van der Waals surface area contributed by atoms with Crippen LogP contribution in [0, 0.1) is 0 Å². The Kier molecular flexibility index (Phi) is 7.11. The van der Waals surface area contributed by atoms with Gasteiger partial charge >= 0.3 is 12.0 Å². The van der Waals surface area contributed by atoms with Crippen LogP contribution < -0.4 is 5.32 Å². The number of imide groups is 1. The number of hydrogen-bond acceptors (Lipinski definition) is 3. The minimum atomic E-state index is -0.874. The number of rotatable bonds is 7. The Morgan fingerprint density at radius 1 is 1.16 bits per heavy atom. The van der Waals surface area contributed by atoms with E-state index in [1.165, 1.54) is 4.90 Å². The summed E-state index contributed by atoms with van der Waals surface area (Å²) >= 11 is 0. The second-order valence-electron chi connectivity index (χ2n) is 5.18. The van der Waals surface area contributed by atoms with Crippen molar-refractivity contribution in [2.75, 3.05) is 7.05 Å². The van der Waals surface area contributed by atoms with Gasteiger partial charge < -0.3 is 10.0 Å². The molecule has 3 amide bonds. The van der Waals surface area contributed by atoms with E-state index in [4.69, 9.17) is 5.11 Å². The molecule has 0 aromatic heterocycles. The van der Waals surface area contributed by atoms with E-state index in [1.54, 1.807) is 7.05 Å². The molecular weight excluding hydrogens is 248 g/mol. The molecule has 0 aliphatic heterocycles. The molecule has 0 fully saturated rings. The van der Waals surface area contributed by atoms with Crippen LogP contribution in [0.2, 0.25) is 0 Å². The highest BCUT2D eigenvalue weighted by molar-refractivity contribution is 5.94. The minimum Gasteiger partial charge on any atom is -0.481 e. The number of nitrogens with zero attached hydrogens (tertiary/aromatic N) is 1. The van der Waals surface area contributed by atoms with Gasteiger partial charge in [0.2, 0.25) is 5.91 Å². The quantitative estimate of drug-likeness (QED) is 0.694. The first kappa shape index (κ1) is 17.4. The van der Waals surface area contributed by atoms with Crippen LogP contribution in [0.25, 0.3) is 0 Å². The molecule has 2 N–H and O–H groups in total. The fourth-order valence-electron chi connectivity index (χ4n) is 1.34. The SMILES string of the molecule is CCC(C)(C)N(C)C(=O)NC(=O)CCCCC(=O)O. The van der Waals surface area contributed by atoms with Crippen LogP contribution >= 0.6 is 0 Å². The van der Waals surface area contributed by atoms with Crippen molar-refractivity contribution in [1.29, 1.82) is 0 Å². The Bertz CT molecular complexity index is 340. The van der Waals surface area contributed by atoms with Crippen LogP contribution in [0.4, 0.5) is 4.79 Å². The Hall–Kier alpha value is -1.59. The lowest BCUT2D eigenvalue weighted by molar-refractivity contribution is -0.137. The van der Waals surface area contributed by atoms with Crippen molar-refractivity contribution in [1.82, 2.24) is 10.2 Å². The van der Waals surface area contributed by atoms with Crippen molar-refractivity contribution in [3.05, 3.63) is 0 Å². The molecule has 0 spiro atoms. The number of hydrogen-bond donors (Lipinski definition) is 2. The number of carbonyl (C=O) groups is 3. The molecule has 0 heterocycles. The zero-order chi connectivity index (χ0) is 15.1. The van der Waals surface area contributed by atoms with E-state index in [1.807, 2.05) is 20.8 Å². The molecule has 0 saturated carbocycles. The topological polar surface area (TPSA) is 86.7 Å². The van der Waals surface area contributed by atoms with Gasteiger partial charge in [-0.2, -0.15) is 0 Å². The molecule has 0 bridgehead atoms. The summed E-state index contributed by atoms with van der Waals surface area (Å²) in [6.07, 6.45) is 1.90. The summed E-state index contributed by atoms with van der Waals surface area (Å²) in [4.78, 5) is 35.1. The first-order valence-electron chi connectivity index (χ1n) is 6.50. The first-order chi connectivity index (χ1) is 8.70. The predicted octanol–water partition coefficient (Wildman–Crippen LogP) is 1.99. The van der Waals surface area contributed by atoms with Crippen LogP contribution in [-0.2, 0) is 9.59 Å². The average Bonchev–Trinajstić information content (AvgIpc) is 2.33. The molecule has 6 heteroatoms. The molecule has 0 atom stereocenters. The van der Waals surface area contributed by atoms with Crippen molar-refractivity contribution in [2.45, 2.75) is 58.4 Å². The van der Waals surface area contributed by atoms with Crippen LogP contribution in [0.3, 0.4) is 0 Å². The number of aliphatic carboxylic acids is 1. The number of unbranched alkanes of at least 4 members (excludes halogenated alkanes) is 1.